The van der Waals surface area contributed by atoms with E-state index in [0.29, 0.717) is 0 Å². The van der Waals surface area contributed by atoms with E-state index in [2.05, 4.69) is 14.9 Å². The molecule has 0 bridgehead atoms. The minimum Gasteiger partial charge on any atom is -0.478 e. The van der Waals surface area contributed by atoms with Crippen LogP contribution < -0.4 is 11.2 Å². The maximum Gasteiger partial charge on any atom is 0.325 e. The van der Waals surface area contributed by atoms with Crippen LogP contribution in [0.5, 0.6) is 0 Å². The third-order valence-corrected chi connectivity index (χ3v) is 1.63. The first-order chi connectivity index (χ1) is 6.60. The molecular weight excluding hydrogens is 190 g/mol. The molecule has 0 aliphatic heterocycles. The van der Waals surface area contributed by atoms with Gasteiger partial charge in [0, 0.05) is 5.69 Å². The van der Waals surface area contributed by atoms with Gasteiger partial charge >= 0.3 is 5.69 Å². The van der Waals surface area contributed by atoms with Gasteiger partial charge in [-0.15, -0.1) is 0 Å². The Morgan fingerprint density at radius 2 is 2.07 bits per heavy atom. The molecule has 0 unspecified atom stereocenters. The fraction of sp³-hybridized carbons (Fsp3) is 0.286. The maximum atomic E-state index is 11.3. The van der Waals surface area contributed by atoms with Gasteiger partial charge in [-0.2, -0.15) is 0 Å². The Morgan fingerprint density at radius 3 is 2.50 bits per heavy atom. The van der Waals surface area contributed by atoms with Gasteiger partial charge in [0.25, 0.3) is 11.5 Å². The summed E-state index contributed by atoms with van der Waals surface area (Å²) in [7, 11) is 1.25. The molecule has 7 nitrogen and oxygen atoms in total. The van der Waals surface area contributed by atoms with E-state index in [9.17, 15) is 9.59 Å². The van der Waals surface area contributed by atoms with Crippen molar-refractivity contribution in [2.75, 3.05) is 7.11 Å². The van der Waals surface area contributed by atoms with Crippen LogP contribution in [0, 0.1) is 6.92 Å². The lowest BCUT2D eigenvalue weighted by atomic mass is 10.2. The zero-order chi connectivity index (χ0) is 10.7. The van der Waals surface area contributed by atoms with Crippen molar-refractivity contribution in [1.29, 1.82) is 0 Å². The molecule has 0 aliphatic rings. The minimum absolute atomic E-state index is 0.00500. The standard InChI is InChI=1S/C7H9N3O4/c1-3-4(6(10-13)14-2)5(11)9-7(12)8-3/h13H,1-2H3,(H2,8,9,11,12). The third-order valence-electron chi connectivity index (χ3n) is 1.63. The molecular formula is C7H9N3O4. The summed E-state index contributed by atoms with van der Waals surface area (Å²) in [5.41, 5.74) is -1.02. The predicted octanol–water partition coefficient (Wildman–Crippen LogP) is -0.846. The van der Waals surface area contributed by atoms with Gasteiger partial charge in [-0.05, 0) is 12.1 Å². The van der Waals surface area contributed by atoms with Crippen LogP contribution in [0.15, 0.2) is 14.7 Å². The number of aromatic amines is 2. The number of rotatable bonds is 1. The molecule has 1 rings (SSSR count). The van der Waals surface area contributed by atoms with Crippen molar-refractivity contribution in [3.05, 3.63) is 32.1 Å². The Morgan fingerprint density at radius 1 is 1.43 bits per heavy atom. The topological polar surface area (TPSA) is 108 Å². The highest BCUT2D eigenvalue weighted by molar-refractivity contribution is 5.94. The van der Waals surface area contributed by atoms with Gasteiger partial charge in [0.15, 0.2) is 0 Å². The Balaban J connectivity index is 3.50. The van der Waals surface area contributed by atoms with Gasteiger partial charge in [0.05, 0.1) is 7.11 Å². The number of oxime groups is 1. The van der Waals surface area contributed by atoms with Crippen LogP contribution in [0.2, 0.25) is 0 Å². The number of aromatic nitrogens is 2. The van der Waals surface area contributed by atoms with Gasteiger partial charge in [-0.25, -0.2) is 4.79 Å². The molecule has 0 atom stereocenters. The zero-order valence-corrected chi connectivity index (χ0v) is 7.62. The number of aryl methyl sites for hydroxylation is 1. The van der Waals surface area contributed by atoms with E-state index in [1.165, 1.54) is 14.0 Å². The van der Waals surface area contributed by atoms with E-state index >= 15 is 0 Å². The molecule has 0 spiro atoms. The molecule has 7 heteroatoms. The van der Waals surface area contributed by atoms with Gasteiger partial charge in [0.2, 0.25) is 0 Å². The summed E-state index contributed by atoms with van der Waals surface area (Å²) in [6, 6.07) is 0. The summed E-state index contributed by atoms with van der Waals surface area (Å²) in [4.78, 5) is 26.4. The minimum atomic E-state index is -0.666. The van der Waals surface area contributed by atoms with Crippen LogP contribution in [0.25, 0.3) is 0 Å². The average molecular weight is 199 g/mol. The second-order valence-electron chi connectivity index (χ2n) is 2.52. The number of nitrogens with zero attached hydrogens (tertiary/aromatic N) is 1. The highest BCUT2D eigenvalue weighted by Gasteiger charge is 2.13. The van der Waals surface area contributed by atoms with Crippen molar-refractivity contribution in [3.8, 4) is 0 Å². The molecule has 14 heavy (non-hydrogen) atoms. The van der Waals surface area contributed by atoms with Crippen LogP contribution >= 0.6 is 0 Å². The van der Waals surface area contributed by atoms with E-state index in [4.69, 9.17) is 5.21 Å². The molecule has 0 aliphatic carbocycles. The Bertz CT molecular complexity index is 471. The lowest BCUT2D eigenvalue weighted by Gasteiger charge is -2.03. The fourth-order valence-corrected chi connectivity index (χ4v) is 1.05. The smallest absolute Gasteiger partial charge is 0.325 e. The summed E-state index contributed by atoms with van der Waals surface area (Å²) < 4.78 is 4.65. The average Bonchev–Trinajstić information content (AvgIpc) is 2.10. The first kappa shape index (κ1) is 10.0. The lowest BCUT2D eigenvalue weighted by Crippen LogP contribution is -2.30. The quantitative estimate of drug-likeness (QED) is 0.237. The number of nitrogens with one attached hydrogen (secondary N) is 2. The number of hydrogen-bond donors (Lipinski definition) is 3. The second kappa shape index (κ2) is 3.77. The Hall–Kier alpha value is -2.05. The van der Waals surface area contributed by atoms with Crippen molar-refractivity contribution in [2.24, 2.45) is 5.16 Å². The summed E-state index contributed by atoms with van der Waals surface area (Å²) in [5.74, 6) is -0.250. The van der Waals surface area contributed by atoms with Gasteiger partial charge < -0.3 is 14.9 Å². The van der Waals surface area contributed by atoms with Crippen LogP contribution in [0.4, 0.5) is 0 Å². The van der Waals surface area contributed by atoms with E-state index in [-0.39, 0.29) is 17.2 Å². The van der Waals surface area contributed by atoms with E-state index < -0.39 is 11.2 Å². The van der Waals surface area contributed by atoms with Crippen molar-refractivity contribution in [1.82, 2.24) is 9.97 Å². The molecule has 0 amide bonds. The number of methoxy groups -OCH3 is 1. The highest BCUT2D eigenvalue weighted by Crippen LogP contribution is 1.97. The van der Waals surface area contributed by atoms with E-state index in [0.717, 1.165) is 0 Å². The normalized spacial score (nSPS) is 11.4. The highest BCUT2D eigenvalue weighted by atomic mass is 16.5. The van der Waals surface area contributed by atoms with Crippen LogP contribution in [-0.2, 0) is 4.74 Å². The molecule has 0 saturated heterocycles. The number of ether oxygens (including phenoxy) is 1. The van der Waals surface area contributed by atoms with E-state index in [1.54, 1.807) is 0 Å². The largest absolute Gasteiger partial charge is 0.478 e. The number of hydrogen-bond acceptors (Lipinski definition) is 5. The molecule has 76 valence electrons. The van der Waals surface area contributed by atoms with E-state index in [1.807, 2.05) is 4.98 Å². The monoisotopic (exact) mass is 199 g/mol. The summed E-state index contributed by atoms with van der Waals surface area (Å²) in [6.45, 7) is 1.50. The summed E-state index contributed by atoms with van der Waals surface area (Å²) in [5, 5.41) is 11.3. The first-order valence-electron chi connectivity index (χ1n) is 3.69. The third kappa shape index (κ3) is 1.65. The molecule has 3 N–H and O–H groups in total. The van der Waals surface area contributed by atoms with Crippen molar-refractivity contribution in [3.63, 3.8) is 0 Å². The van der Waals surface area contributed by atoms with Gasteiger partial charge in [0.1, 0.15) is 5.56 Å². The number of H-pyrrole nitrogens is 2. The fourth-order valence-electron chi connectivity index (χ4n) is 1.05. The summed E-state index contributed by atoms with van der Waals surface area (Å²) >= 11 is 0. The predicted molar refractivity (Wildman–Crippen MR) is 47.8 cm³/mol. The van der Waals surface area contributed by atoms with Gasteiger partial charge in [-0.1, -0.05) is 0 Å². The molecule has 0 fully saturated rings. The SMILES string of the molecule is COC(=NO)c1c(C)[nH]c(=O)[nH]c1=O. The molecule has 0 radical (unpaired) electrons. The molecule has 0 saturated carbocycles. The van der Waals surface area contributed by atoms with Crippen molar-refractivity contribution in [2.45, 2.75) is 6.92 Å². The van der Waals surface area contributed by atoms with Crippen LogP contribution in [0.1, 0.15) is 11.3 Å². The molecule has 1 heterocycles. The molecule has 1 aromatic heterocycles. The zero-order valence-electron chi connectivity index (χ0n) is 7.62. The van der Waals surface area contributed by atoms with Crippen molar-refractivity contribution < 1.29 is 9.94 Å². The Labute approximate surface area is 78.0 Å². The van der Waals surface area contributed by atoms with Crippen LogP contribution in [-0.4, -0.2) is 28.2 Å². The van der Waals surface area contributed by atoms with Crippen LogP contribution in [0.3, 0.4) is 0 Å². The maximum absolute atomic E-state index is 11.3. The first-order valence-corrected chi connectivity index (χ1v) is 3.69. The molecule has 1 aromatic rings. The second-order valence-corrected chi connectivity index (χ2v) is 2.52. The summed E-state index contributed by atoms with van der Waals surface area (Å²) in [6.07, 6.45) is 0. The lowest BCUT2D eigenvalue weighted by molar-refractivity contribution is 0.287. The van der Waals surface area contributed by atoms with Crippen molar-refractivity contribution >= 4 is 5.90 Å². The Kier molecular flexibility index (Phi) is 2.70. The molecule has 0 aromatic carbocycles. The van der Waals surface area contributed by atoms with Gasteiger partial charge in [-0.3, -0.25) is 9.78 Å².